The van der Waals surface area contributed by atoms with Gasteiger partial charge in [0.25, 0.3) is 0 Å². The van der Waals surface area contributed by atoms with E-state index in [1.54, 1.807) is 6.08 Å². The van der Waals surface area contributed by atoms with Crippen LogP contribution in [-0.4, -0.2) is 89.0 Å². The molecular formula is C47H80O10. The summed E-state index contributed by atoms with van der Waals surface area (Å²) in [6, 6.07) is 0. The number of hydrogen-bond donors (Lipinski definition) is 4. The fourth-order valence-corrected chi connectivity index (χ4v) is 6.44. The molecule has 0 radical (unpaired) electrons. The molecular weight excluding hydrogens is 725 g/mol. The minimum absolute atomic E-state index is 0.00271. The van der Waals surface area contributed by atoms with Gasteiger partial charge in [0, 0.05) is 6.42 Å². The van der Waals surface area contributed by atoms with Crippen molar-refractivity contribution in [2.45, 2.75) is 205 Å². The first kappa shape index (κ1) is 52.4. The summed E-state index contributed by atoms with van der Waals surface area (Å²) in [7, 11) is 0. The van der Waals surface area contributed by atoms with Crippen molar-refractivity contribution in [2.24, 2.45) is 0 Å². The van der Waals surface area contributed by atoms with Crippen LogP contribution < -0.4 is 0 Å². The van der Waals surface area contributed by atoms with Crippen LogP contribution in [0.1, 0.15) is 168 Å². The minimum Gasteiger partial charge on any atom is -0.462 e. The van der Waals surface area contributed by atoms with E-state index in [-0.39, 0.29) is 26.1 Å². The summed E-state index contributed by atoms with van der Waals surface area (Å²) >= 11 is 0. The summed E-state index contributed by atoms with van der Waals surface area (Å²) in [5.41, 5.74) is 0. The fraction of sp³-hybridized carbons (Fsp3) is 0.745. The summed E-state index contributed by atoms with van der Waals surface area (Å²) in [6.07, 6.45) is 38.3. The first-order valence-corrected chi connectivity index (χ1v) is 22.4. The van der Waals surface area contributed by atoms with Gasteiger partial charge < -0.3 is 39.4 Å². The van der Waals surface area contributed by atoms with Gasteiger partial charge >= 0.3 is 11.9 Å². The topological polar surface area (TPSA) is 152 Å². The number of hydrogen-bond acceptors (Lipinski definition) is 10. The Morgan fingerprint density at radius 3 is 1.49 bits per heavy atom. The minimum atomic E-state index is -1.61. The summed E-state index contributed by atoms with van der Waals surface area (Å²) in [5, 5.41) is 40.0. The van der Waals surface area contributed by atoms with Gasteiger partial charge in [0.15, 0.2) is 12.4 Å². The van der Waals surface area contributed by atoms with Crippen LogP contribution in [0.4, 0.5) is 0 Å². The molecule has 6 atom stereocenters. The maximum absolute atomic E-state index is 12.7. The Bertz CT molecular complexity index is 1110. The van der Waals surface area contributed by atoms with E-state index in [4.69, 9.17) is 18.9 Å². The van der Waals surface area contributed by atoms with E-state index in [1.165, 1.54) is 83.5 Å². The lowest BCUT2D eigenvalue weighted by Gasteiger charge is -2.39. The monoisotopic (exact) mass is 805 g/mol. The molecule has 0 aromatic heterocycles. The van der Waals surface area contributed by atoms with Crippen LogP contribution in [0.3, 0.4) is 0 Å². The van der Waals surface area contributed by atoms with E-state index in [1.807, 2.05) is 12.2 Å². The molecule has 0 amide bonds. The number of allylic oxidation sites excluding steroid dienone is 9. The Balaban J connectivity index is 2.38. The zero-order chi connectivity index (χ0) is 41.6. The third kappa shape index (κ3) is 29.3. The maximum Gasteiger partial charge on any atom is 0.310 e. The molecule has 6 unspecified atom stereocenters. The van der Waals surface area contributed by atoms with Gasteiger partial charge in [-0.1, -0.05) is 177 Å². The highest BCUT2D eigenvalue weighted by atomic mass is 16.7. The Labute approximate surface area is 345 Å². The quantitative estimate of drug-likeness (QED) is 0.0274. The van der Waals surface area contributed by atoms with Crippen LogP contribution in [0.15, 0.2) is 60.8 Å². The van der Waals surface area contributed by atoms with E-state index in [0.29, 0.717) is 12.8 Å². The number of unbranched alkanes of at least 4 members (excludes halogenated alkanes) is 16. The van der Waals surface area contributed by atoms with Crippen molar-refractivity contribution in [3.63, 3.8) is 0 Å². The highest BCUT2D eigenvalue weighted by molar-refractivity contribution is 5.71. The summed E-state index contributed by atoms with van der Waals surface area (Å²) in [4.78, 5) is 25.3. The number of carbonyl (C=O) groups excluding carboxylic acids is 2. The lowest BCUT2D eigenvalue weighted by atomic mass is 9.99. The second kappa shape index (κ2) is 37.7. The normalized spacial score (nSPS) is 20.8. The number of aliphatic hydroxyl groups is 4. The largest absolute Gasteiger partial charge is 0.462 e. The van der Waals surface area contributed by atoms with E-state index in [2.05, 4.69) is 56.4 Å². The lowest BCUT2D eigenvalue weighted by molar-refractivity contribution is -0.305. The van der Waals surface area contributed by atoms with Crippen molar-refractivity contribution in [1.82, 2.24) is 0 Å². The molecule has 0 spiro atoms. The van der Waals surface area contributed by atoms with E-state index in [9.17, 15) is 30.0 Å². The van der Waals surface area contributed by atoms with Crippen molar-refractivity contribution in [3.05, 3.63) is 60.8 Å². The van der Waals surface area contributed by atoms with E-state index >= 15 is 0 Å². The average Bonchev–Trinajstić information content (AvgIpc) is 3.21. The molecule has 0 aliphatic carbocycles. The second-order valence-corrected chi connectivity index (χ2v) is 15.1. The Morgan fingerprint density at radius 2 is 1.02 bits per heavy atom. The number of ether oxygens (including phenoxy) is 4. The molecule has 57 heavy (non-hydrogen) atoms. The van der Waals surface area contributed by atoms with Gasteiger partial charge in [-0.15, -0.1) is 0 Å². The SMILES string of the molecule is CC/C=C\C/C=C\C/C=C\C/C=C\C/C=C\CC(=O)OC(COC(=O)CCCCCCCCCCCCCCCCCCC)COC1OC(CO)C(O)C(O)C1O. The highest BCUT2D eigenvalue weighted by Crippen LogP contribution is 2.22. The van der Waals surface area contributed by atoms with Crippen LogP contribution in [-0.2, 0) is 28.5 Å². The molecule has 1 rings (SSSR count). The molecule has 10 nitrogen and oxygen atoms in total. The Kier molecular flexibility index (Phi) is 34.6. The maximum atomic E-state index is 12.7. The van der Waals surface area contributed by atoms with Crippen LogP contribution in [0.25, 0.3) is 0 Å². The number of esters is 2. The number of aliphatic hydroxyl groups excluding tert-OH is 4. The van der Waals surface area contributed by atoms with E-state index in [0.717, 1.165) is 44.9 Å². The lowest BCUT2D eigenvalue weighted by Crippen LogP contribution is -2.59. The van der Waals surface area contributed by atoms with Crippen LogP contribution in [0.5, 0.6) is 0 Å². The average molecular weight is 805 g/mol. The van der Waals surface area contributed by atoms with Crippen molar-refractivity contribution < 1.29 is 49.0 Å². The Morgan fingerprint density at radius 1 is 0.561 bits per heavy atom. The molecule has 1 heterocycles. The molecule has 0 bridgehead atoms. The number of carbonyl (C=O) groups is 2. The third-order valence-electron chi connectivity index (χ3n) is 9.95. The molecule has 1 saturated heterocycles. The molecule has 4 N–H and O–H groups in total. The smallest absolute Gasteiger partial charge is 0.310 e. The first-order valence-electron chi connectivity index (χ1n) is 22.4. The van der Waals surface area contributed by atoms with Crippen molar-refractivity contribution in [1.29, 1.82) is 0 Å². The van der Waals surface area contributed by atoms with Crippen molar-refractivity contribution in [3.8, 4) is 0 Å². The molecule has 1 aliphatic rings. The Hall–Kier alpha value is -2.60. The van der Waals surface area contributed by atoms with Gasteiger partial charge in [0.05, 0.1) is 19.6 Å². The molecule has 328 valence electrons. The zero-order valence-corrected chi connectivity index (χ0v) is 35.6. The third-order valence-corrected chi connectivity index (χ3v) is 9.95. The van der Waals surface area contributed by atoms with Crippen molar-refractivity contribution >= 4 is 11.9 Å². The van der Waals surface area contributed by atoms with Crippen molar-refractivity contribution in [2.75, 3.05) is 19.8 Å². The van der Waals surface area contributed by atoms with Crippen LogP contribution in [0.2, 0.25) is 0 Å². The molecule has 1 aliphatic heterocycles. The van der Waals surface area contributed by atoms with Crippen LogP contribution >= 0.6 is 0 Å². The summed E-state index contributed by atoms with van der Waals surface area (Å²) in [5.74, 6) is -0.953. The van der Waals surface area contributed by atoms with Gasteiger partial charge in [-0.25, -0.2) is 0 Å². The summed E-state index contributed by atoms with van der Waals surface area (Å²) < 4.78 is 22.0. The van der Waals surface area contributed by atoms with Crippen LogP contribution in [0, 0.1) is 0 Å². The predicted octanol–water partition coefficient (Wildman–Crippen LogP) is 9.44. The zero-order valence-electron chi connectivity index (χ0n) is 35.6. The van der Waals surface area contributed by atoms with Gasteiger partial charge in [-0.3, -0.25) is 9.59 Å². The molecule has 0 aromatic carbocycles. The first-order chi connectivity index (χ1) is 27.8. The van der Waals surface area contributed by atoms with Gasteiger partial charge in [0.1, 0.15) is 31.0 Å². The number of rotatable bonds is 36. The predicted molar refractivity (Wildman–Crippen MR) is 228 cm³/mol. The molecule has 0 saturated carbocycles. The highest BCUT2D eigenvalue weighted by Gasteiger charge is 2.44. The summed E-state index contributed by atoms with van der Waals surface area (Å²) in [6.45, 7) is 3.21. The van der Waals surface area contributed by atoms with Gasteiger partial charge in [0.2, 0.25) is 0 Å². The second-order valence-electron chi connectivity index (χ2n) is 15.1. The van der Waals surface area contributed by atoms with Gasteiger partial charge in [-0.2, -0.15) is 0 Å². The fourth-order valence-electron chi connectivity index (χ4n) is 6.44. The van der Waals surface area contributed by atoms with Gasteiger partial charge in [-0.05, 0) is 38.5 Å². The standard InChI is InChI=1S/C47H80O10/c1-3-5-7-9-11-13-15-17-19-20-22-23-25-27-29-31-33-35-42(49)54-38-40(39-55-47-46(53)45(52)44(51)41(37-48)57-47)56-43(50)36-34-32-30-28-26-24-21-18-16-14-12-10-8-6-4-2/h6,8,12,14,18,21,26,28,32,34,40-41,44-48,51-53H,3-5,7,9-11,13,15-17,19-20,22-25,27,29-31,33,35-39H2,1-2H3/b8-6-,14-12-,21-18-,28-26-,34-32-. The van der Waals surface area contributed by atoms with E-state index < -0.39 is 55.4 Å². The molecule has 1 fully saturated rings. The molecule has 0 aromatic rings. The molecule has 10 heteroatoms.